The number of hydrogen-bond donors (Lipinski definition) is 1. The van der Waals surface area contributed by atoms with Gasteiger partial charge in [0.2, 0.25) is 0 Å². The molecule has 1 aromatic carbocycles. The number of hydrogen-bond acceptors (Lipinski definition) is 6. The fourth-order valence-corrected chi connectivity index (χ4v) is 3.21. The van der Waals surface area contributed by atoms with Crippen molar-refractivity contribution in [2.24, 2.45) is 0 Å². The number of aryl methyl sites for hydroxylation is 1. The highest BCUT2D eigenvalue weighted by molar-refractivity contribution is 5.93. The summed E-state index contributed by atoms with van der Waals surface area (Å²) in [5.74, 6) is 1.12. The molecule has 1 aromatic heterocycles. The van der Waals surface area contributed by atoms with Crippen LogP contribution in [-0.2, 0) is 4.74 Å². The van der Waals surface area contributed by atoms with E-state index < -0.39 is 0 Å². The summed E-state index contributed by atoms with van der Waals surface area (Å²) in [6.45, 7) is 10.2. The molecule has 7 nitrogen and oxygen atoms in total. The van der Waals surface area contributed by atoms with Crippen molar-refractivity contribution in [1.82, 2.24) is 14.9 Å². The molecule has 27 heavy (non-hydrogen) atoms. The average molecular weight is 369 g/mol. The molecule has 1 fully saturated rings. The van der Waals surface area contributed by atoms with Crippen molar-refractivity contribution < 1.29 is 9.53 Å². The van der Waals surface area contributed by atoms with Gasteiger partial charge in [0.1, 0.15) is 17.3 Å². The molecule has 0 bridgehead atoms. The number of morpholine rings is 1. The number of para-hydroxylation sites is 2. The minimum Gasteiger partial charge on any atom is -0.378 e. The van der Waals surface area contributed by atoms with Gasteiger partial charge in [-0.2, -0.15) is 0 Å². The second-order valence-corrected chi connectivity index (χ2v) is 6.40. The van der Waals surface area contributed by atoms with Crippen LogP contribution in [-0.4, -0.2) is 60.2 Å². The molecule has 2 aromatic rings. The Balaban J connectivity index is 1.87. The monoisotopic (exact) mass is 369 g/mol. The van der Waals surface area contributed by atoms with Crippen LogP contribution in [0, 0.1) is 6.92 Å². The fraction of sp³-hybridized carbons (Fsp3) is 0.450. The lowest BCUT2D eigenvalue weighted by atomic mass is 10.2. The Bertz CT molecular complexity index is 786. The summed E-state index contributed by atoms with van der Waals surface area (Å²) in [6, 6.07) is 9.85. The van der Waals surface area contributed by atoms with Gasteiger partial charge in [-0.15, -0.1) is 0 Å². The Morgan fingerprint density at radius 2 is 1.89 bits per heavy atom. The molecular formula is C20H27N5O2. The summed E-state index contributed by atoms with van der Waals surface area (Å²) in [5.41, 5.74) is 2.48. The van der Waals surface area contributed by atoms with E-state index in [1.807, 2.05) is 32.0 Å². The Hall–Kier alpha value is -2.67. The summed E-state index contributed by atoms with van der Waals surface area (Å²) in [6.07, 6.45) is 0. The first-order valence-corrected chi connectivity index (χ1v) is 9.46. The normalized spacial score (nSPS) is 14.1. The number of rotatable bonds is 6. The summed E-state index contributed by atoms with van der Waals surface area (Å²) in [5, 5.41) is 3.38. The van der Waals surface area contributed by atoms with Gasteiger partial charge in [-0.05, 0) is 32.9 Å². The van der Waals surface area contributed by atoms with Crippen LogP contribution in [0.5, 0.6) is 0 Å². The SMILES string of the molecule is CCN(CC)C(=O)c1cc(Nc2ccccc2N2CCOCC2)nc(C)n1. The van der Waals surface area contributed by atoms with Gasteiger partial charge in [-0.25, -0.2) is 9.97 Å². The first-order chi connectivity index (χ1) is 13.1. The largest absolute Gasteiger partial charge is 0.378 e. The molecule has 3 rings (SSSR count). The lowest BCUT2D eigenvalue weighted by Gasteiger charge is -2.30. The fourth-order valence-electron chi connectivity index (χ4n) is 3.21. The second kappa shape index (κ2) is 8.81. The summed E-state index contributed by atoms with van der Waals surface area (Å²) in [4.78, 5) is 25.5. The second-order valence-electron chi connectivity index (χ2n) is 6.40. The number of carbonyl (C=O) groups excluding carboxylic acids is 1. The summed E-state index contributed by atoms with van der Waals surface area (Å²) in [7, 11) is 0. The third-order valence-corrected chi connectivity index (χ3v) is 4.63. The van der Waals surface area contributed by atoms with Gasteiger partial charge >= 0.3 is 0 Å². The smallest absolute Gasteiger partial charge is 0.272 e. The van der Waals surface area contributed by atoms with Crippen LogP contribution in [0.3, 0.4) is 0 Å². The molecule has 0 saturated carbocycles. The van der Waals surface area contributed by atoms with Crippen molar-refractivity contribution in [3.8, 4) is 0 Å². The topological polar surface area (TPSA) is 70.6 Å². The molecule has 0 spiro atoms. The average Bonchev–Trinajstić information content (AvgIpc) is 2.69. The standard InChI is InChI=1S/C20H27N5O2/c1-4-24(5-2)20(26)17-14-19(22-15(3)21-17)23-16-8-6-7-9-18(16)25-10-12-27-13-11-25/h6-9,14H,4-5,10-13H2,1-3H3,(H,21,22,23). The van der Waals surface area contributed by atoms with E-state index in [4.69, 9.17) is 4.74 Å². The zero-order valence-corrected chi connectivity index (χ0v) is 16.2. The van der Waals surface area contributed by atoms with Gasteiger partial charge in [-0.1, -0.05) is 12.1 Å². The molecule has 2 heterocycles. The van der Waals surface area contributed by atoms with E-state index in [-0.39, 0.29) is 5.91 Å². The van der Waals surface area contributed by atoms with Crippen molar-refractivity contribution in [3.05, 3.63) is 41.9 Å². The lowest BCUT2D eigenvalue weighted by Crippen LogP contribution is -2.36. The molecule has 1 saturated heterocycles. The van der Waals surface area contributed by atoms with Crippen LogP contribution < -0.4 is 10.2 Å². The number of nitrogens with one attached hydrogen (secondary N) is 1. The maximum absolute atomic E-state index is 12.7. The van der Waals surface area contributed by atoms with E-state index >= 15 is 0 Å². The number of carbonyl (C=O) groups is 1. The van der Waals surface area contributed by atoms with E-state index in [0.717, 1.165) is 37.7 Å². The zero-order valence-electron chi connectivity index (χ0n) is 16.2. The van der Waals surface area contributed by atoms with Gasteiger partial charge in [0.25, 0.3) is 5.91 Å². The molecule has 1 aliphatic heterocycles. The molecule has 1 amide bonds. The van der Waals surface area contributed by atoms with Gasteiger partial charge in [-0.3, -0.25) is 4.79 Å². The number of anilines is 3. The van der Waals surface area contributed by atoms with Crippen LogP contribution in [0.1, 0.15) is 30.2 Å². The van der Waals surface area contributed by atoms with E-state index in [0.29, 0.717) is 30.4 Å². The van der Waals surface area contributed by atoms with Crippen LogP contribution in [0.15, 0.2) is 30.3 Å². The number of aromatic nitrogens is 2. The van der Waals surface area contributed by atoms with E-state index in [9.17, 15) is 4.79 Å². The molecular weight excluding hydrogens is 342 g/mol. The van der Waals surface area contributed by atoms with Crippen molar-refractivity contribution in [2.45, 2.75) is 20.8 Å². The molecule has 0 unspecified atom stereocenters. The molecule has 7 heteroatoms. The van der Waals surface area contributed by atoms with Crippen molar-refractivity contribution in [2.75, 3.05) is 49.6 Å². The predicted octanol–water partition coefficient (Wildman–Crippen LogP) is 2.85. The van der Waals surface area contributed by atoms with Gasteiger partial charge in [0, 0.05) is 32.2 Å². The molecule has 1 N–H and O–H groups in total. The Morgan fingerprint density at radius 3 is 2.59 bits per heavy atom. The number of amides is 1. The minimum absolute atomic E-state index is 0.0741. The highest BCUT2D eigenvalue weighted by Gasteiger charge is 2.18. The molecule has 0 atom stereocenters. The van der Waals surface area contributed by atoms with E-state index in [1.54, 1.807) is 17.9 Å². The number of nitrogens with zero attached hydrogens (tertiary/aromatic N) is 4. The van der Waals surface area contributed by atoms with Crippen LogP contribution in [0.25, 0.3) is 0 Å². The minimum atomic E-state index is -0.0741. The Morgan fingerprint density at radius 1 is 1.19 bits per heavy atom. The van der Waals surface area contributed by atoms with Crippen molar-refractivity contribution in [3.63, 3.8) is 0 Å². The molecule has 1 aliphatic rings. The maximum atomic E-state index is 12.7. The van der Waals surface area contributed by atoms with Gasteiger partial charge in [0.15, 0.2) is 0 Å². The highest BCUT2D eigenvalue weighted by Crippen LogP contribution is 2.29. The number of benzene rings is 1. The van der Waals surface area contributed by atoms with Crippen LogP contribution in [0.4, 0.5) is 17.2 Å². The first-order valence-electron chi connectivity index (χ1n) is 9.46. The zero-order chi connectivity index (χ0) is 19.2. The third-order valence-electron chi connectivity index (χ3n) is 4.63. The summed E-state index contributed by atoms with van der Waals surface area (Å²) < 4.78 is 5.46. The molecule has 0 aliphatic carbocycles. The Kier molecular flexibility index (Phi) is 6.24. The quantitative estimate of drug-likeness (QED) is 0.844. The predicted molar refractivity (Wildman–Crippen MR) is 107 cm³/mol. The maximum Gasteiger partial charge on any atom is 0.272 e. The lowest BCUT2D eigenvalue weighted by molar-refractivity contribution is 0.0766. The van der Waals surface area contributed by atoms with Crippen LogP contribution >= 0.6 is 0 Å². The van der Waals surface area contributed by atoms with Gasteiger partial charge in [0.05, 0.1) is 24.6 Å². The molecule has 144 valence electrons. The van der Waals surface area contributed by atoms with E-state index in [1.165, 1.54) is 0 Å². The third kappa shape index (κ3) is 4.54. The van der Waals surface area contributed by atoms with Crippen molar-refractivity contribution >= 4 is 23.1 Å². The van der Waals surface area contributed by atoms with Crippen molar-refractivity contribution in [1.29, 1.82) is 0 Å². The first kappa shape index (κ1) is 19.1. The van der Waals surface area contributed by atoms with Crippen LogP contribution in [0.2, 0.25) is 0 Å². The molecule has 0 radical (unpaired) electrons. The number of ether oxygens (including phenoxy) is 1. The van der Waals surface area contributed by atoms with Gasteiger partial charge < -0.3 is 19.9 Å². The summed E-state index contributed by atoms with van der Waals surface area (Å²) >= 11 is 0. The van der Waals surface area contributed by atoms with E-state index in [2.05, 4.69) is 26.3 Å². The Labute approximate surface area is 160 Å². The highest BCUT2D eigenvalue weighted by atomic mass is 16.5.